The molecule has 0 radical (unpaired) electrons. The predicted molar refractivity (Wildman–Crippen MR) is 72.8 cm³/mol. The maximum absolute atomic E-state index is 12.5. The largest absolute Gasteiger partial charge is 0.505 e. The van der Waals surface area contributed by atoms with Crippen LogP contribution in [0.4, 0.5) is 26.3 Å². The van der Waals surface area contributed by atoms with Gasteiger partial charge in [0.2, 0.25) is 0 Å². The molecular weight excluding hydrogens is 346 g/mol. The van der Waals surface area contributed by atoms with Crippen molar-refractivity contribution in [3.63, 3.8) is 0 Å². The van der Waals surface area contributed by atoms with Gasteiger partial charge in [0.15, 0.2) is 0 Å². The summed E-state index contributed by atoms with van der Waals surface area (Å²) in [6.07, 6.45) is -7.04. The van der Waals surface area contributed by atoms with Crippen molar-refractivity contribution in [3.8, 4) is 0 Å². The molecule has 23 heavy (non-hydrogen) atoms. The summed E-state index contributed by atoms with van der Waals surface area (Å²) in [6.45, 7) is 1.31. The van der Waals surface area contributed by atoms with Gasteiger partial charge in [0, 0.05) is 5.54 Å². The van der Waals surface area contributed by atoms with Crippen LogP contribution in [-0.2, 0) is 13.3 Å². The molecule has 1 aliphatic carbocycles. The summed E-state index contributed by atoms with van der Waals surface area (Å²) in [4.78, 5) is 0. The number of rotatable bonds is 6. The quantitative estimate of drug-likeness (QED) is 0.496. The molecule has 1 fully saturated rings. The van der Waals surface area contributed by atoms with Gasteiger partial charge in [-0.2, -0.15) is 26.3 Å². The molecule has 1 rings (SSSR count). The fourth-order valence-electron chi connectivity index (χ4n) is 2.49. The summed E-state index contributed by atoms with van der Waals surface area (Å²) in [6, 6.07) is 0. The number of hydrogen-bond donors (Lipinski definition) is 0. The van der Waals surface area contributed by atoms with Crippen LogP contribution in [0.2, 0.25) is 5.54 Å². The minimum atomic E-state index is -4.67. The summed E-state index contributed by atoms with van der Waals surface area (Å²) < 4.78 is 90.7. The second kappa shape index (κ2) is 7.28. The van der Waals surface area contributed by atoms with Crippen LogP contribution in [0.5, 0.6) is 0 Å². The first-order chi connectivity index (χ1) is 10.2. The van der Waals surface area contributed by atoms with Crippen molar-refractivity contribution in [2.45, 2.75) is 69.9 Å². The summed E-state index contributed by atoms with van der Waals surface area (Å²) in [5, 5.41) is 0. The average molecular weight is 368 g/mol. The van der Waals surface area contributed by atoms with Crippen molar-refractivity contribution >= 4 is 8.80 Å². The van der Waals surface area contributed by atoms with E-state index in [2.05, 4.69) is 0 Å². The monoisotopic (exact) mass is 368 g/mol. The van der Waals surface area contributed by atoms with Crippen LogP contribution in [0.15, 0.2) is 0 Å². The van der Waals surface area contributed by atoms with Gasteiger partial charge in [-0.15, -0.1) is 0 Å². The molecule has 138 valence electrons. The minimum absolute atomic E-state index is 0.442. The van der Waals surface area contributed by atoms with Crippen LogP contribution in [0.25, 0.3) is 0 Å². The van der Waals surface area contributed by atoms with Gasteiger partial charge >= 0.3 is 21.2 Å². The third kappa shape index (κ3) is 7.86. The fourth-order valence-corrected chi connectivity index (χ4v) is 6.03. The Hall–Kier alpha value is -0.323. The first-order valence-electron chi connectivity index (χ1n) is 7.34. The highest BCUT2D eigenvalue weighted by atomic mass is 28.4. The molecule has 0 aromatic heterocycles. The molecule has 1 aliphatic rings. The first kappa shape index (κ1) is 20.7. The summed E-state index contributed by atoms with van der Waals surface area (Å²) >= 11 is 0. The molecule has 0 spiro atoms. The lowest BCUT2D eigenvalue weighted by molar-refractivity contribution is -0.186. The van der Waals surface area contributed by atoms with Gasteiger partial charge in [0.1, 0.15) is 13.2 Å². The zero-order valence-corrected chi connectivity index (χ0v) is 14.3. The molecule has 3 nitrogen and oxygen atoms in total. The molecular formula is C13H22F6O3Si. The molecule has 0 aliphatic heterocycles. The number of hydrogen-bond acceptors (Lipinski definition) is 3. The van der Waals surface area contributed by atoms with Crippen LogP contribution >= 0.6 is 0 Å². The lowest BCUT2D eigenvalue weighted by Crippen LogP contribution is -2.56. The predicted octanol–water partition coefficient (Wildman–Crippen LogP) is 4.84. The third-order valence-electron chi connectivity index (χ3n) is 3.18. The maximum atomic E-state index is 12.5. The Morgan fingerprint density at radius 1 is 0.826 bits per heavy atom. The van der Waals surface area contributed by atoms with Crippen LogP contribution in [0.1, 0.15) is 46.5 Å². The van der Waals surface area contributed by atoms with Gasteiger partial charge in [-0.3, -0.25) is 0 Å². The molecule has 10 heteroatoms. The molecule has 0 aromatic rings. The van der Waals surface area contributed by atoms with Crippen molar-refractivity contribution in [2.24, 2.45) is 0 Å². The lowest BCUT2D eigenvalue weighted by Gasteiger charge is -2.39. The normalized spacial score (nSPS) is 18.7. The van der Waals surface area contributed by atoms with Gasteiger partial charge in [0.25, 0.3) is 0 Å². The molecule has 0 saturated heterocycles. The van der Waals surface area contributed by atoms with Gasteiger partial charge in [0.05, 0.1) is 5.60 Å². The van der Waals surface area contributed by atoms with Crippen LogP contribution in [0, 0.1) is 0 Å². The van der Waals surface area contributed by atoms with E-state index in [1.807, 2.05) is 0 Å². The zero-order chi connectivity index (χ0) is 17.9. The van der Waals surface area contributed by atoms with Crippen molar-refractivity contribution < 1.29 is 39.6 Å². The van der Waals surface area contributed by atoms with Gasteiger partial charge < -0.3 is 13.3 Å². The van der Waals surface area contributed by atoms with E-state index >= 15 is 0 Å². The van der Waals surface area contributed by atoms with Crippen LogP contribution < -0.4 is 0 Å². The van der Waals surface area contributed by atoms with Gasteiger partial charge in [-0.25, -0.2) is 0 Å². The second-order valence-corrected chi connectivity index (χ2v) is 9.41. The minimum Gasteiger partial charge on any atom is -0.368 e. The Labute approximate surface area is 132 Å². The van der Waals surface area contributed by atoms with E-state index in [1.165, 1.54) is 0 Å². The third-order valence-corrected chi connectivity index (χ3v) is 6.75. The summed E-state index contributed by atoms with van der Waals surface area (Å²) in [7, 11) is -4.16. The fraction of sp³-hybridized carbons (Fsp3) is 1.00. The lowest BCUT2D eigenvalue weighted by atomic mass is 10.2. The summed E-state index contributed by atoms with van der Waals surface area (Å²) in [5.74, 6) is 0. The maximum Gasteiger partial charge on any atom is 0.505 e. The van der Waals surface area contributed by atoms with E-state index in [0.29, 0.717) is 25.7 Å². The average Bonchev–Trinajstić information content (AvgIpc) is 2.83. The molecule has 1 saturated carbocycles. The topological polar surface area (TPSA) is 27.7 Å². The van der Waals surface area contributed by atoms with Crippen molar-refractivity contribution in [1.82, 2.24) is 0 Å². The summed E-state index contributed by atoms with van der Waals surface area (Å²) in [5.41, 5.74) is -1.53. The van der Waals surface area contributed by atoms with E-state index in [-0.39, 0.29) is 0 Å². The molecule has 0 atom stereocenters. The van der Waals surface area contributed by atoms with E-state index in [9.17, 15) is 26.3 Å². The van der Waals surface area contributed by atoms with Crippen molar-refractivity contribution in [1.29, 1.82) is 0 Å². The molecule has 0 heterocycles. The van der Waals surface area contributed by atoms with Crippen molar-refractivity contribution in [2.75, 3.05) is 13.2 Å². The van der Waals surface area contributed by atoms with Crippen molar-refractivity contribution in [3.05, 3.63) is 0 Å². The number of halogens is 6. The number of alkyl halides is 6. The SMILES string of the molecule is CC(C)(C)O[Si](OCC(F)(F)F)(OCC(F)(F)F)C1CCCC1. The molecule has 0 N–H and O–H groups in total. The Bertz CT molecular complexity index is 353. The highest BCUT2D eigenvalue weighted by Crippen LogP contribution is 2.43. The van der Waals surface area contributed by atoms with Crippen LogP contribution in [-0.4, -0.2) is 40.0 Å². The highest BCUT2D eigenvalue weighted by molar-refractivity contribution is 6.62. The van der Waals surface area contributed by atoms with Gasteiger partial charge in [-0.1, -0.05) is 12.8 Å². The van der Waals surface area contributed by atoms with Gasteiger partial charge in [-0.05, 0) is 33.6 Å². The molecule has 0 aromatic carbocycles. The molecule has 0 amide bonds. The molecule has 0 unspecified atom stereocenters. The Kier molecular flexibility index (Phi) is 6.56. The Balaban J connectivity index is 3.03. The van der Waals surface area contributed by atoms with E-state index in [0.717, 1.165) is 0 Å². The Morgan fingerprint density at radius 2 is 1.22 bits per heavy atom. The zero-order valence-electron chi connectivity index (χ0n) is 13.3. The van der Waals surface area contributed by atoms with E-state index in [1.54, 1.807) is 20.8 Å². The Morgan fingerprint density at radius 3 is 1.52 bits per heavy atom. The first-order valence-corrected chi connectivity index (χ1v) is 9.14. The van der Waals surface area contributed by atoms with E-state index < -0.39 is 45.5 Å². The van der Waals surface area contributed by atoms with Crippen LogP contribution in [0.3, 0.4) is 0 Å². The smallest absolute Gasteiger partial charge is 0.368 e. The van der Waals surface area contributed by atoms with E-state index in [4.69, 9.17) is 13.3 Å². The highest BCUT2D eigenvalue weighted by Gasteiger charge is 2.55. The second-order valence-electron chi connectivity index (χ2n) is 6.61. The standard InChI is InChI=1S/C13H22F6O3Si/c1-11(2,3)22-23(10-6-4-5-7-10,20-8-12(14,15)16)21-9-13(17,18)19/h10H,4-9H2,1-3H3. The molecule has 0 bridgehead atoms.